The highest BCUT2D eigenvalue weighted by atomic mass is 35.5. The van der Waals surface area contributed by atoms with Crippen molar-refractivity contribution in [3.63, 3.8) is 0 Å². The number of methoxy groups -OCH3 is 1. The number of aliphatic imine (C=N–C) groups is 1. The van der Waals surface area contributed by atoms with Gasteiger partial charge in [-0.25, -0.2) is 0 Å². The number of rotatable bonds is 4. The molecule has 0 bridgehead atoms. The van der Waals surface area contributed by atoms with Crippen molar-refractivity contribution in [1.82, 2.24) is 0 Å². The third kappa shape index (κ3) is 3.27. The third-order valence-corrected chi connectivity index (χ3v) is 4.76. The summed E-state index contributed by atoms with van der Waals surface area (Å²) in [6.45, 7) is 6.27. The lowest BCUT2D eigenvalue weighted by Gasteiger charge is -2.25. The fourth-order valence-electron chi connectivity index (χ4n) is 3.11. The second kappa shape index (κ2) is 7.27. The van der Waals surface area contributed by atoms with Crippen LogP contribution in [0.2, 0.25) is 5.02 Å². The Bertz CT molecular complexity index is 740. The highest BCUT2D eigenvalue weighted by Gasteiger charge is 2.23. The first kappa shape index (κ1) is 16.8. The van der Waals surface area contributed by atoms with Gasteiger partial charge in [0.1, 0.15) is 5.75 Å². The lowest BCUT2D eigenvalue weighted by atomic mass is 10.00. The maximum Gasteiger partial charge on any atom is 0.119 e. The minimum absolute atomic E-state index is 0.272. The highest BCUT2D eigenvalue weighted by Crippen LogP contribution is 2.31. The quantitative estimate of drug-likeness (QED) is 0.797. The van der Waals surface area contributed by atoms with Crippen LogP contribution in [0.25, 0.3) is 0 Å². The fraction of sp³-hybridized carbons (Fsp3) is 0.350. The van der Waals surface area contributed by atoms with Crippen LogP contribution in [-0.4, -0.2) is 32.0 Å². The van der Waals surface area contributed by atoms with Crippen molar-refractivity contribution < 1.29 is 4.74 Å². The van der Waals surface area contributed by atoms with E-state index in [0.29, 0.717) is 0 Å². The Morgan fingerprint density at radius 3 is 2.54 bits per heavy atom. The van der Waals surface area contributed by atoms with Crippen molar-refractivity contribution in [2.45, 2.75) is 26.3 Å². The van der Waals surface area contributed by atoms with E-state index in [2.05, 4.69) is 30.9 Å². The molecule has 126 valence electrons. The zero-order chi connectivity index (χ0) is 17.1. The molecule has 0 fully saturated rings. The number of benzene rings is 2. The van der Waals surface area contributed by atoms with E-state index < -0.39 is 0 Å². The maximum atomic E-state index is 6.06. The third-order valence-electron chi connectivity index (χ3n) is 4.51. The number of benzodiazepines with no additional fused rings is 1. The van der Waals surface area contributed by atoms with E-state index in [0.717, 1.165) is 47.1 Å². The molecule has 0 saturated carbocycles. The molecule has 24 heavy (non-hydrogen) atoms. The molecule has 1 aliphatic heterocycles. The number of anilines is 1. The van der Waals surface area contributed by atoms with Crippen molar-refractivity contribution >= 4 is 23.0 Å². The second-order valence-corrected chi connectivity index (χ2v) is 6.40. The van der Waals surface area contributed by atoms with Crippen LogP contribution in [0.4, 0.5) is 5.69 Å². The standard InChI is InChI=1S/C20H23ClN2O/c1-4-16-13-23(5-2)19-11-10-17(24-3)12-18(19)20(22-16)14-6-8-15(21)9-7-14/h6-12,16H,4-5,13H2,1-3H3/t16-/m0/s1. The van der Waals surface area contributed by atoms with Crippen LogP contribution < -0.4 is 9.64 Å². The molecule has 1 heterocycles. The summed E-state index contributed by atoms with van der Waals surface area (Å²) in [5.74, 6) is 0.849. The Balaban J connectivity index is 2.19. The van der Waals surface area contributed by atoms with E-state index in [1.807, 2.05) is 30.3 Å². The predicted molar refractivity (Wildman–Crippen MR) is 102 cm³/mol. The van der Waals surface area contributed by atoms with Crippen LogP contribution in [0.3, 0.4) is 0 Å². The molecule has 0 N–H and O–H groups in total. The summed E-state index contributed by atoms with van der Waals surface area (Å²) < 4.78 is 5.45. The maximum absolute atomic E-state index is 6.06. The molecule has 0 amide bonds. The van der Waals surface area contributed by atoms with E-state index in [-0.39, 0.29) is 6.04 Å². The van der Waals surface area contributed by atoms with Crippen LogP contribution in [0, 0.1) is 0 Å². The van der Waals surface area contributed by atoms with E-state index in [9.17, 15) is 0 Å². The van der Waals surface area contributed by atoms with Gasteiger partial charge >= 0.3 is 0 Å². The Morgan fingerprint density at radius 2 is 1.92 bits per heavy atom. The Labute approximate surface area is 148 Å². The molecule has 0 saturated heterocycles. The van der Waals surface area contributed by atoms with E-state index in [1.165, 1.54) is 5.69 Å². The number of hydrogen-bond acceptors (Lipinski definition) is 3. The van der Waals surface area contributed by atoms with Gasteiger partial charge in [-0.3, -0.25) is 4.99 Å². The van der Waals surface area contributed by atoms with Crippen LogP contribution >= 0.6 is 11.6 Å². The number of halogens is 1. The summed E-state index contributed by atoms with van der Waals surface area (Å²) in [5.41, 5.74) is 4.44. The average Bonchev–Trinajstić information content (AvgIpc) is 2.78. The normalized spacial score (nSPS) is 17.1. The summed E-state index contributed by atoms with van der Waals surface area (Å²) in [6, 6.07) is 14.4. The largest absolute Gasteiger partial charge is 0.497 e. The minimum Gasteiger partial charge on any atom is -0.497 e. The fourth-order valence-corrected chi connectivity index (χ4v) is 3.24. The first-order valence-corrected chi connectivity index (χ1v) is 8.81. The Hall–Kier alpha value is -2.00. The van der Waals surface area contributed by atoms with Crippen LogP contribution in [0.1, 0.15) is 31.4 Å². The monoisotopic (exact) mass is 342 g/mol. The SMILES string of the molecule is CC[C@H]1CN(CC)c2ccc(OC)cc2C(c2ccc(Cl)cc2)=N1. The smallest absolute Gasteiger partial charge is 0.119 e. The van der Waals surface area contributed by atoms with Crippen molar-refractivity contribution in [2.24, 2.45) is 4.99 Å². The molecule has 0 aromatic heterocycles. The number of fused-ring (bicyclic) bond motifs is 1. The van der Waals surface area contributed by atoms with Gasteiger partial charge in [0.15, 0.2) is 0 Å². The molecule has 0 radical (unpaired) electrons. The van der Waals surface area contributed by atoms with Crippen LogP contribution in [0.15, 0.2) is 47.5 Å². The van der Waals surface area contributed by atoms with Crippen molar-refractivity contribution in [3.8, 4) is 5.75 Å². The zero-order valence-corrected chi connectivity index (χ0v) is 15.2. The molecule has 0 unspecified atom stereocenters. The average molecular weight is 343 g/mol. The molecule has 1 atom stereocenters. The van der Waals surface area contributed by atoms with Crippen molar-refractivity contribution in [2.75, 3.05) is 25.1 Å². The Morgan fingerprint density at radius 1 is 1.17 bits per heavy atom. The molecular formula is C20H23ClN2O. The number of likely N-dealkylation sites (N-methyl/N-ethyl adjacent to an activating group) is 1. The molecule has 4 heteroatoms. The number of hydrogen-bond donors (Lipinski definition) is 0. The number of ether oxygens (including phenoxy) is 1. The second-order valence-electron chi connectivity index (χ2n) is 5.97. The minimum atomic E-state index is 0.272. The zero-order valence-electron chi connectivity index (χ0n) is 14.4. The van der Waals surface area contributed by atoms with E-state index in [1.54, 1.807) is 7.11 Å². The van der Waals surface area contributed by atoms with E-state index in [4.69, 9.17) is 21.3 Å². The highest BCUT2D eigenvalue weighted by molar-refractivity contribution is 6.30. The molecule has 1 aliphatic rings. The van der Waals surface area contributed by atoms with Gasteiger partial charge in [0.25, 0.3) is 0 Å². The summed E-state index contributed by atoms with van der Waals surface area (Å²) >= 11 is 6.06. The number of nitrogens with zero attached hydrogens (tertiary/aromatic N) is 2. The van der Waals surface area contributed by atoms with Gasteiger partial charge in [-0.15, -0.1) is 0 Å². The topological polar surface area (TPSA) is 24.8 Å². The van der Waals surface area contributed by atoms with Gasteiger partial charge in [0.05, 0.1) is 18.9 Å². The van der Waals surface area contributed by atoms with Crippen molar-refractivity contribution in [3.05, 3.63) is 58.6 Å². The van der Waals surface area contributed by atoms with Gasteiger partial charge < -0.3 is 9.64 Å². The molecule has 2 aromatic carbocycles. The molecule has 0 aliphatic carbocycles. The molecule has 3 rings (SSSR count). The molecular weight excluding hydrogens is 320 g/mol. The first-order valence-electron chi connectivity index (χ1n) is 8.43. The molecule has 2 aromatic rings. The summed E-state index contributed by atoms with van der Waals surface area (Å²) in [4.78, 5) is 7.48. The summed E-state index contributed by atoms with van der Waals surface area (Å²) in [6.07, 6.45) is 1.01. The van der Waals surface area contributed by atoms with Crippen molar-refractivity contribution in [1.29, 1.82) is 0 Å². The Kier molecular flexibility index (Phi) is 5.10. The van der Waals surface area contributed by atoms with Gasteiger partial charge in [0, 0.05) is 34.9 Å². The first-order chi connectivity index (χ1) is 11.7. The molecule has 3 nitrogen and oxygen atoms in total. The molecule has 0 spiro atoms. The predicted octanol–water partition coefficient (Wildman–Crippen LogP) is 4.80. The lowest BCUT2D eigenvalue weighted by molar-refractivity contribution is 0.414. The lowest BCUT2D eigenvalue weighted by Crippen LogP contribution is -2.30. The summed E-state index contributed by atoms with van der Waals surface area (Å²) in [7, 11) is 1.70. The van der Waals surface area contributed by atoms with Gasteiger partial charge in [-0.05, 0) is 43.7 Å². The van der Waals surface area contributed by atoms with Gasteiger partial charge in [0.2, 0.25) is 0 Å². The summed E-state index contributed by atoms with van der Waals surface area (Å²) in [5, 5.41) is 0.737. The van der Waals surface area contributed by atoms with Gasteiger partial charge in [-0.2, -0.15) is 0 Å². The van der Waals surface area contributed by atoms with E-state index >= 15 is 0 Å². The van der Waals surface area contributed by atoms with Gasteiger partial charge in [-0.1, -0.05) is 30.7 Å². The van der Waals surface area contributed by atoms with Crippen LogP contribution in [-0.2, 0) is 0 Å². The van der Waals surface area contributed by atoms with Crippen LogP contribution in [0.5, 0.6) is 5.75 Å².